The Morgan fingerprint density at radius 3 is 2.53 bits per heavy atom. The van der Waals surface area contributed by atoms with Gasteiger partial charge >= 0.3 is 0 Å². The monoisotopic (exact) mass is 212 g/mol. The number of amides is 1. The van der Waals surface area contributed by atoms with Gasteiger partial charge in [-0.15, -0.1) is 0 Å². The van der Waals surface area contributed by atoms with Crippen molar-refractivity contribution in [3.8, 4) is 0 Å². The van der Waals surface area contributed by atoms with Crippen LogP contribution in [0.4, 0.5) is 0 Å². The van der Waals surface area contributed by atoms with Crippen LogP contribution in [-0.4, -0.2) is 18.0 Å². The van der Waals surface area contributed by atoms with E-state index in [4.69, 9.17) is 5.73 Å². The molecule has 1 unspecified atom stereocenters. The first-order valence-electron chi connectivity index (χ1n) is 5.97. The molecule has 88 valence electrons. The summed E-state index contributed by atoms with van der Waals surface area (Å²) in [5.41, 5.74) is 5.58. The fourth-order valence-corrected chi connectivity index (χ4v) is 2.09. The number of rotatable bonds is 5. The van der Waals surface area contributed by atoms with Crippen molar-refractivity contribution in [1.29, 1.82) is 0 Å². The third kappa shape index (κ3) is 3.20. The second-order valence-electron chi connectivity index (χ2n) is 5.51. The van der Waals surface area contributed by atoms with E-state index in [0.717, 1.165) is 19.4 Å². The van der Waals surface area contributed by atoms with Gasteiger partial charge in [0.1, 0.15) is 0 Å². The van der Waals surface area contributed by atoms with E-state index in [1.165, 1.54) is 19.3 Å². The fourth-order valence-electron chi connectivity index (χ4n) is 2.09. The first kappa shape index (κ1) is 12.5. The maximum atomic E-state index is 11.8. The second-order valence-corrected chi connectivity index (χ2v) is 5.51. The molecule has 0 aromatic heterocycles. The lowest BCUT2D eigenvalue weighted by Gasteiger charge is -2.39. The maximum Gasteiger partial charge on any atom is 0.239 e. The summed E-state index contributed by atoms with van der Waals surface area (Å²) < 4.78 is 0. The quantitative estimate of drug-likeness (QED) is 0.730. The first-order valence-corrected chi connectivity index (χ1v) is 5.97. The van der Waals surface area contributed by atoms with Crippen LogP contribution in [0.5, 0.6) is 0 Å². The summed E-state index contributed by atoms with van der Waals surface area (Å²) in [5, 5.41) is 2.99. The van der Waals surface area contributed by atoms with Crippen molar-refractivity contribution >= 4 is 5.91 Å². The van der Waals surface area contributed by atoms with E-state index in [-0.39, 0.29) is 5.91 Å². The molecule has 3 heteroatoms. The van der Waals surface area contributed by atoms with Gasteiger partial charge in [-0.2, -0.15) is 0 Å². The van der Waals surface area contributed by atoms with Gasteiger partial charge in [-0.25, -0.2) is 0 Å². The van der Waals surface area contributed by atoms with Crippen LogP contribution in [0.25, 0.3) is 0 Å². The average Bonchev–Trinajstić information content (AvgIpc) is 2.11. The van der Waals surface area contributed by atoms with Crippen LogP contribution < -0.4 is 11.1 Å². The highest BCUT2D eigenvalue weighted by Gasteiger charge is 2.34. The van der Waals surface area contributed by atoms with Gasteiger partial charge in [-0.05, 0) is 31.6 Å². The van der Waals surface area contributed by atoms with Crippen molar-refractivity contribution in [3.63, 3.8) is 0 Å². The molecule has 0 radical (unpaired) electrons. The van der Waals surface area contributed by atoms with Crippen LogP contribution in [0, 0.1) is 5.41 Å². The number of nitrogens with one attached hydrogen (secondary N) is 1. The standard InChI is InChI=1S/C12H24N2O/c1-4-6-12(3,13)10(15)14-9-11(2)7-5-8-11/h4-9,13H2,1-3H3,(H,14,15). The van der Waals surface area contributed by atoms with Crippen LogP contribution in [0.1, 0.15) is 52.9 Å². The second kappa shape index (κ2) is 4.52. The van der Waals surface area contributed by atoms with Crippen LogP contribution in [0.2, 0.25) is 0 Å². The largest absolute Gasteiger partial charge is 0.354 e. The van der Waals surface area contributed by atoms with Gasteiger partial charge in [0.2, 0.25) is 5.91 Å². The van der Waals surface area contributed by atoms with Gasteiger partial charge in [0.05, 0.1) is 5.54 Å². The van der Waals surface area contributed by atoms with Gasteiger partial charge in [0.15, 0.2) is 0 Å². The van der Waals surface area contributed by atoms with Crippen LogP contribution in [-0.2, 0) is 4.79 Å². The number of carbonyl (C=O) groups excluding carboxylic acids is 1. The topological polar surface area (TPSA) is 55.1 Å². The maximum absolute atomic E-state index is 11.8. The van der Waals surface area contributed by atoms with Gasteiger partial charge in [0.25, 0.3) is 0 Å². The van der Waals surface area contributed by atoms with Gasteiger partial charge < -0.3 is 11.1 Å². The zero-order chi connectivity index (χ0) is 11.5. The molecule has 3 N–H and O–H groups in total. The van der Waals surface area contributed by atoms with E-state index >= 15 is 0 Å². The molecule has 0 bridgehead atoms. The number of hydrogen-bond acceptors (Lipinski definition) is 2. The molecule has 0 aliphatic heterocycles. The highest BCUT2D eigenvalue weighted by Crippen LogP contribution is 2.39. The molecule has 0 aromatic rings. The van der Waals surface area contributed by atoms with Crippen LogP contribution >= 0.6 is 0 Å². The van der Waals surface area contributed by atoms with E-state index in [0.29, 0.717) is 5.41 Å². The molecule has 1 rings (SSSR count). The van der Waals surface area contributed by atoms with E-state index in [2.05, 4.69) is 12.2 Å². The molecule has 1 aliphatic carbocycles. The molecule has 1 saturated carbocycles. The molecular weight excluding hydrogens is 188 g/mol. The summed E-state index contributed by atoms with van der Waals surface area (Å²) in [6, 6.07) is 0. The van der Waals surface area contributed by atoms with Crippen molar-refractivity contribution in [2.45, 2.75) is 58.4 Å². The summed E-state index contributed by atoms with van der Waals surface area (Å²) in [7, 11) is 0. The Hall–Kier alpha value is -0.570. The molecule has 1 fully saturated rings. The zero-order valence-corrected chi connectivity index (χ0v) is 10.2. The van der Waals surface area contributed by atoms with Gasteiger partial charge in [-0.1, -0.05) is 26.7 Å². The summed E-state index contributed by atoms with van der Waals surface area (Å²) in [4.78, 5) is 11.8. The van der Waals surface area contributed by atoms with Gasteiger partial charge in [-0.3, -0.25) is 4.79 Å². The predicted octanol–water partition coefficient (Wildman–Crippen LogP) is 1.81. The minimum atomic E-state index is -0.700. The Kier molecular flexibility index (Phi) is 3.77. The molecule has 15 heavy (non-hydrogen) atoms. The predicted molar refractivity (Wildman–Crippen MR) is 62.5 cm³/mol. The van der Waals surface area contributed by atoms with Crippen molar-refractivity contribution < 1.29 is 4.79 Å². The van der Waals surface area contributed by atoms with E-state index in [1.54, 1.807) is 0 Å². The Morgan fingerprint density at radius 1 is 1.53 bits per heavy atom. The SMILES string of the molecule is CCCC(C)(N)C(=O)NCC1(C)CCC1. The summed E-state index contributed by atoms with van der Waals surface area (Å²) in [5.74, 6) is -0.00234. The van der Waals surface area contributed by atoms with E-state index in [9.17, 15) is 4.79 Å². The lowest BCUT2D eigenvalue weighted by atomic mass is 9.70. The molecule has 0 heterocycles. The molecule has 1 amide bonds. The Bertz CT molecular complexity index is 232. The fraction of sp³-hybridized carbons (Fsp3) is 0.917. The average molecular weight is 212 g/mol. The molecular formula is C12H24N2O. The van der Waals surface area contributed by atoms with E-state index in [1.807, 2.05) is 13.8 Å². The lowest BCUT2D eigenvalue weighted by Crippen LogP contribution is -2.54. The highest BCUT2D eigenvalue weighted by molar-refractivity contribution is 5.85. The summed E-state index contributed by atoms with van der Waals surface area (Å²) in [6.07, 6.45) is 5.43. The molecule has 0 spiro atoms. The Labute approximate surface area is 92.8 Å². The normalized spacial score (nSPS) is 22.7. The Balaban J connectivity index is 2.34. The van der Waals surface area contributed by atoms with Crippen molar-refractivity contribution in [3.05, 3.63) is 0 Å². The summed E-state index contributed by atoms with van der Waals surface area (Å²) in [6.45, 7) is 6.87. The third-order valence-electron chi connectivity index (χ3n) is 3.52. The molecule has 0 saturated heterocycles. The van der Waals surface area contributed by atoms with Crippen molar-refractivity contribution in [1.82, 2.24) is 5.32 Å². The molecule has 0 aromatic carbocycles. The Morgan fingerprint density at radius 2 is 2.13 bits per heavy atom. The minimum absolute atomic E-state index is 0.00234. The zero-order valence-electron chi connectivity index (χ0n) is 10.2. The van der Waals surface area contributed by atoms with Gasteiger partial charge in [0, 0.05) is 6.54 Å². The first-order chi connectivity index (χ1) is 6.90. The highest BCUT2D eigenvalue weighted by atomic mass is 16.2. The minimum Gasteiger partial charge on any atom is -0.354 e. The number of nitrogens with two attached hydrogens (primary N) is 1. The summed E-state index contributed by atoms with van der Waals surface area (Å²) >= 11 is 0. The molecule has 1 atom stereocenters. The third-order valence-corrected chi connectivity index (χ3v) is 3.52. The van der Waals surface area contributed by atoms with Crippen molar-refractivity contribution in [2.24, 2.45) is 11.1 Å². The lowest BCUT2D eigenvalue weighted by molar-refractivity contribution is -0.126. The van der Waals surface area contributed by atoms with Crippen LogP contribution in [0.15, 0.2) is 0 Å². The molecule has 3 nitrogen and oxygen atoms in total. The van der Waals surface area contributed by atoms with Crippen LogP contribution in [0.3, 0.4) is 0 Å². The van der Waals surface area contributed by atoms with Crippen molar-refractivity contribution in [2.75, 3.05) is 6.54 Å². The molecule has 1 aliphatic rings. The smallest absolute Gasteiger partial charge is 0.239 e. The number of hydrogen-bond donors (Lipinski definition) is 2. The van der Waals surface area contributed by atoms with E-state index < -0.39 is 5.54 Å². The number of carbonyl (C=O) groups is 1.